The van der Waals surface area contributed by atoms with E-state index in [-0.39, 0.29) is 17.4 Å². The second kappa shape index (κ2) is 6.21. The zero-order valence-corrected chi connectivity index (χ0v) is 12.7. The fraction of sp³-hybridized carbons (Fsp3) is 0.462. The molecular formula is C13H16BrN3O3. The topological polar surface area (TPSA) is 82.5 Å². The quantitative estimate of drug-likeness (QED) is 0.870. The Labute approximate surface area is 125 Å². The molecule has 6 nitrogen and oxygen atoms in total. The molecule has 20 heavy (non-hydrogen) atoms. The van der Waals surface area contributed by atoms with Crippen molar-refractivity contribution in [3.8, 4) is 0 Å². The molecule has 2 heterocycles. The van der Waals surface area contributed by atoms with Crippen LogP contribution in [0.2, 0.25) is 0 Å². The van der Waals surface area contributed by atoms with Gasteiger partial charge >= 0.3 is 5.97 Å². The lowest BCUT2D eigenvalue weighted by molar-refractivity contribution is -0.125. The van der Waals surface area contributed by atoms with Crippen LogP contribution in [0.3, 0.4) is 0 Å². The number of carbonyl (C=O) groups excluding carboxylic acids is 1. The lowest BCUT2D eigenvalue weighted by Crippen LogP contribution is -2.40. The van der Waals surface area contributed by atoms with Crippen LogP contribution in [0.5, 0.6) is 0 Å². The Balaban J connectivity index is 2.15. The van der Waals surface area contributed by atoms with Crippen LogP contribution in [0.25, 0.3) is 0 Å². The lowest BCUT2D eigenvalue weighted by Gasteiger charge is -2.32. The van der Waals surface area contributed by atoms with Gasteiger partial charge in [0.1, 0.15) is 11.4 Å². The number of anilines is 1. The van der Waals surface area contributed by atoms with Gasteiger partial charge in [-0.2, -0.15) is 0 Å². The smallest absolute Gasteiger partial charge is 0.339 e. The monoisotopic (exact) mass is 341 g/mol. The van der Waals surface area contributed by atoms with E-state index >= 15 is 0 Å². The molecule has 0 radical (unpaired) electrons. The minimum absolute atomic E-state index is 0.0000218. The third kappa shape index (κ3) is 3.09. The van der Waals surface area contributed by atoms with E-state index in [0.29, 0.717) is 36.2 Å². The Morgan fingerprint density at radius 2 is 2.10 bits per heavy atom. The minimum Gasteiger partial charge on any atom is -0.478 e. The van der Waals surface area contributed by atoms with E-state index in [0.717, 1.165) is 0 Å². The summed E-state index contributed by atoms with van der Waals surface area (Å²) in [7, 11) is 1.63. The summed E-state index contributed by atoms with van der Waals surface area (Å²) < 4.78 is 0.638. The zero-order valence-electron chi connectivity index (χ0n) is 11.1. The van der Waals surface area contributed by atoms with E-state index in [1.54, 1.807) is 19.3 Å². The standard InChI is InChI=1S/C13H16BrN3O3/c1-15-12(18)8-2-4-17(5-3-8)11-10(13(19)20)6-9(14)7-16-11/h6-8H,2-5H2,1H3,(H,15,18)(H,19,20). The fourth-order valence-corrected chi connectivity index (χ4v) is 2.73. The number of rotatable bonds is 3. The molecule has 1 aliphatic heterocycles. The molecule has 0 saturated carbocycles. The van der Waals surface area contributed by atoms with Crippen molar-refractivity contribution in [2.45, 2.75) is 12.8 Å². The highest BCUT2D eigenvalue weighted by atomic mass is 79.9. The van der Waals surface area contributed by atoms with Crippen LogP contribution in [-0.2, 0) is 4.79 Å². The van der Waals surface area contributed by atoms with Gasteiger partial charge < -0.3 is 15.3 Å². The first-order valence-electron chi connectivity index (χ1n) is 6.38. The van der Waals surface area contributed by atoms with Crippen molar-refractivity contribution in [2.24, 2.45) is 5.92 Å². The van der Waals surface area contributed by atoms with Crippen molar-refractivity contribution in [2.75, 3.05) is 25.0 Å². The van der Waals surface area contributed by atoms with Gasteiger partial charge in [0.2, 0.25) is 5.91 Å². The molecule has 0 bridgehead atoms. The van der Waals surface area contributed by atoms with Crippen molar-refractivity contribution in [1.82, 2.24) is 10.3 Å². The summed E-state index contributed by atoms with van der Waals surface area (Å²) in [6.07, 6.45) is 3.00. The van der Waals surface area contributed by atoms with Crippen molar-refractivity contribution in [3.63, 3.8) is 0 Å². The highest BCUT2D eigenvalue weighted by molar-refractivity contribution is 9.10. The third-order valence-corrected chi connectivity index (χ3v) is 3.91. The van der Waals surface area contributed by atoms with Gasteiger partial charge in [-0.1, -0.05) is 0 Å². The Morgan fingerprint density at radius 1 is 1.45 bits per heavy atom. The average Bonchev–Trinajstić information content (AvgIpc) is 2.46. The maximum absolute atomic E-state index is 11.6. The number of aromatic carboxylic acids is 1. The fourth-order valence-electron chi connectivity index (χ4n) is 2.40. The summed E-state index contributed by atoms with van der Waals surface area (Å²) in [6, 6.07) is 1.55. The van der Waals surface area contributed by atoms with Gasteiger partial charge in [-0.25, -0.2) is 9.78 Å². The molecule has 0 spiro atoms. The van der Waals surface area contributed by atoms with Crippen molar-refractivity contribution < 1.29 is 14.7 Å². The first kappa shape index (κ1) is 14.8. The van der Waals surface area contributed by atoms with Gasteiger partial charge in [-0.3, -0.25) is 4.79 Å². The highest BCUT2D eigenvalue weighted by Gasteiger charge is 2.27. The predicted octanol–water partition coefficient (Wildman–Crippen LogP) is 1.50. The van der Waals surface area contributed by atoms with E-state index in [1.165, 1.54) is 0 Å². The molecule has 1 aliphatic rings. The van der Waals surface area contributed by atoms with Crippen LogP contribution in [0.1, 0.15) is 23.2 Å². The summed E-state index contributed by atoms with van der Waals surface area (Å²) >= 11 is 3.23. The van der Waals surface area contributed by atoms with Gasteiger partial charge in [-0.15, -0.1) is 0 Å². The third-order valence-electron chi connectivity index (χ3n) is 3.48. The number of carboxylic acids is 1. The lowest BCUT2D eigenvalue weighted by atomic mass is 9.96. The van der Waals surface area contributed by atoms with Crippen LogP contribution < -0.4 is 10.2 Å². The molecule has 1 fully saturated rings. The molecule has 108 valence electrons. The maximum Gasteiger partial charge on any atom is 0.339 e. The average molecular weight is 342 g/mol. The number of nitrogens with zero attached hydrogens (tertiary/aromatic N) is 2. The van der Waals surface area contributed by atoms with Gasteiger partial charge in [0.25, 0.3) is 0 Å². The zero-order chi connectivity index (χ0) is 14.7. The largest absolute Gasteiger partial charge is 0.478 e. The van der Waals surface area contributed by atoms with E-state index in [1.807, 2.05) is 4.90 Å². The van der Waals surface area contributed by atoms with Crippen LogP contribution >= 0.6 is 15.9 Å². The van der Waals surface area contributed by atoms with E-state index in [2.05, 4.69) is 26.2 Å². The predicted molar refractivity (Wildman–Crippen MR) is 77.9 cm³/mol. The number of aromatic nitrogens is 1. The first-order chi connectivity index (χ1) is 9.52. The molecule has 0 unspecified atom stereocenters. The van der Waals surface area contributed by atoms with Gasteiger partial charge in [0.05, 0.1) is 0 Å². The van der Waals surface area contributed by atoms with Crippen LogP contribution in [-0.4, -0.2) is 42.1 Å². The molecule has 2 N–H and O–H groups in total. The SMILES string of the molecule is CNC(=O)C1CCN(c2ncc(Br)cc2C(=O)O)CC1. The number of carboxylic acid groups (broad SMARTS) is 1. The normalized spacial score (nSPS) is 16.0. The minimum atomic E-state index is -0.998. The summed E-state index contributed by atoms with van der Waals surface area (Å²) in [6.45, 7) is 1.26. The van der Waals surface area contributed by atoms with E-state index in [4.69, 9.17) is 0 Å². The van der Waals surface area contributed by atoms with Crippen LogP contribution in [0, 0.1) is 5.92 Å². The van der Waals surface area contributed by atoms with Gasteiger partial charge in [0.15, 0.2) is 0 Å². The number of carbonyl (C=O) groups is 2. The van der Waals surface area contributed by atoms with E-state index < -0.39 is 5.97 Å². The molecule has 7 heteroatoms. The second-order valence-corrected chi connectivity index (χ2v) is 5.62. The van der Waals surface area contributed by atoms with Gasteiger partial charge in [-0.05, 0) is 34.8 Å². The molecule has 1 amide bonds. The van der Waals surface area contributed by atoms with Crippen LogP contribution in [0.15, 0.2) is 16.7 Å². The molecule has 0 aliphatic carbocycles. The Kier molecular flexibility index (Phi) is 4.59. The maximum atomic E-state index is 11.6. The molecule has 0 aromatic carbocycles. The molecule has 1 aromatic heterocycles. The number of halogens is 1. The summed E-state index contributed by atoms with van der Waals surface area (Å²) in [5, 5.41) is 11.9. The summed E-state index contributed by atoms with van der Waals surface area (Å²) in [5.41, 5.74) is 0.178. The first-order valence-corrected chi connectivity index (χ1v) is 7.17. The summed E-state index contributed by atoms with van der Waals surface area (Å²) in [4.78, 5) is 29.0. The number of nitrogens with one attached hydrogen (secondary N) is 1. The van der Waals surface area contributed by atoms with Crippen LogP contribution in [0.4, 0.5) is 5.82 Å². The molecular weight excluding hydrogens is 326 g/mol. The Morgan fingerprint density at radius 3 is 2.65 bits per heavy atom. The molecule has 1 saturated heterocycles. The Bertz CT molecular complexity index is 528. The highest BCUT2D eigenvalue weighted by Crippen LogP contribution is 2.26. The number of amides is 1. The molecule has 2 rings (SSSR count). The molecule has 1 aromatic rings. The van der Waals surface area contributed by atoms with Gasteiger partial charge in [0, 0.05) is 36.7 Å². The Hall–Kier alpha value is -1.63. The number of hydrogen-bond acceptors (Lipinski definition) is 4. The number of hydrogen-bond donors (Lipinski definition) is 2. The van der Waals surface area contributed by atoms with Crippen molar-refractivity contribution >= 4 is 33.6 Å². The second-order valence-electron chi connectivity index (χ2n) is 4.71. The van der Waals surface area contributed by atoms with E-state index in [9.17, 15) is 14.7 Å². The number of pyridine rings is 1. The van der Waals surface area contributed by atoms with Crippen molar-refractivity contribution in [1.29, 1.82) is 0 Å². The summed E-state index contributed by atoms with van der Waals surface area (Å²) in [5.74, 6) is -0.481. The number of piperidine rings is 1. The molecule has 0 atom stereocenters. The van der Waals surface area contributed by atoms with Crippen molar-refractivity contribution in [3.05, 3.63) is 22.3 Å².